The van der Waals surface area contributed by atoms with Crippen molar-refractivity contribution in [3.63, 3.8) is 0 Å². The molecule has 0 fully saturated rings. The average Bonchev–Trinajstić information content (AvgIpc) is 2.54. The number of pyridine rings is 1. The minimum absolute atomic E-state index is 0. The van der Waals surface area contributed by atoms with Gasteiger partial charge >= 0.3 is 33.6 Å². The summed E-state index contributed by atoms with van der Waals surface area (Å²) in [6, 6.07) is 19.9. The van der Waals surface area contributed by atoms with Crippen molar-refractivity contribution in [1.82, 2.24) is 4.98 Å². The Balaban J connectivity index is 0.00000121. The van der Waals surface area contributed by atoms with Gasteiger partial charge in [-0.1, -0.05) is 42.5 Å². The van der Waals surface area contributed by atoms with Crippen LogP contribution in [0.4, 0.5) is 0 Å². The van der Waals surface area contributed by atoms with Gasteiger partial charge in [0.05, 0.1) is 23.9 Å². The second kappa shape index (κ2) is 8.25. The second-order valence-corrected chi connectivity index (χ2v) is 4.34. The number of rotatable bonds is 2. The zero-order chi connectivity index (χ0) is 13.9. The molecule has 0 saturated heterocycles. The van der Waals surface area contributed by atoms with E-state index in [1.54, 1.807) is 6.07 Å². The minimum Gasteiger partial charge on any atom is -1.00 e. The van der Waals surface area contributed by atoms with Crippen molar-refractivity contribution < 1.29 is 49.6 Å². The Kier molecular flexibility index (Phi) is 6.97. The van der Waals surface area contributed by atoms with Crippen LogP contribution in [0.1, 0.15) is 10.4 Å². The van der Waals surface area contributed by atoms with Gasteiger partial charge in [-0.05, 0) is 18.2 Å². The summed E-state index contributed by atoms with van der Waals surface area (Å²) < 4.78 is 4.86. The van der Waals surface area contributed by atoms with Crippen LogP contribution in [0, 0.1) is 6.07 Å². The third-order valence-corrected chi connectivity index (χ3v) is 3.11. The van der Waals surface area contributed by atoms with Crippen LogP contribution >= 0.6 is 0 Å². The summed E-state index contributed by atoms with van der Waals surface area (Å²) in [5.41, 5.74) is 2.85. The van der Waals surface area contributed by atoms with Crippen molar-refractivity contribution in [3.8, 4) is 11.3 Å². The first-order chi connectivity index (χ1) is 9.79. The predicted octanol–water partition coefficient (Wildman–Crippen LogP) is 0.490. The van der Waals surface area contributed by atoms with Crippen molar-refractivity contribution in [1.29, 1.82) is 0 Å². The molecule has 0 amide bonds. The van der Waals surface area contributed by atoms with E-state index in [1.807, 2.05) is 48.5 Å². The fraction of sp³-hybridized carbons (Fsp3) is 0.0588. The Morgan fingerprint density at radius 2 is 1.86 bits per heavy atom. The molecular weight excluding hydrogens is 486 g/mol. The zero-order valence-electron chi connectivity index (χ0n) is 12.0. The minimum atomic E-state index is -0.360. The number of esters is 1. The van der Waals surface area contributed by atoms with E-state index in [2.05, 4.69) is 11.1 Å². The molecule has 0 bridgehead atoms. The smallest absolute Gasteiger partial charge is 1.00 e. The molecule has 106 valence electrons. The van der Waals surface area contributed by atoms with Crippen LogP contribution in [-0.2, 0) is 32.4 Å². The molecular formula is C17H12ClHgNO2. The zero-order valence-corrected chi connectivity index (χ0v) is 18.3. The number of aromatic nitrogens is 1. The first-order valence-corrected chi connectivity index (χ1v) is 6.25. The molecule has 1 heterocycles. The van der Waals surface area contributed by atoms with E-state index < -0.39 is 0 Å². The molecule has 0 aliphatic heterocycles. The topological polar surface area (TPSA) is 39.2 Å². The molecule has 3 nitrogen and oxygen atoms in total. The molecule has 0 aliphatic rings. The molecule has 0 spiro atoms. The SMILES string of the molecule is COC(=O)c1cc(-c2[c]cccc2)nc2ccccc12.[Cl-].[Hg+]. The van der Waals surface area contributed by atoms with Crippen LogP contribution in [0.2, 0.25) is 0 Å². The van der Waals surface area contributed by atoms with Crippen molar-refractivity contribution >= 4 is 16.9 Å². The van der Waals surface area contributed by atoms with Gasteiger partial charge in [-0.2, -0.15) is 0 Å². The number of benzene rings is 2. The third-order valence-electron chi connectivity index (χ3n) is 3.11. The predicted molar refractivity (Wildman–Crippen MR) is 77.4 cm³/mol. The summed E-state index contributed by atoms with van der Waals surface area (Å²) in [6.45, 7) is 0. The molecule has 0 aliphatic carbocycles. The number of carbonyl (C=O) groups excluding carboxylic acids is 1. The first kappa shape index (κ1) is 18.6. The largest absolute Gasteiger partial charge is 1.00 e. The number of para-hydroxylation sites is 1. The van der Waals surface area contributed by atoms with Crippen LogP contribution in [0.15, 0.2) is 54.6 Å². The second-order valence-electron chi connectivity index (χ2n) is 4.34. The molecule has 0 saturated carbocycles. The third kappa shape index (κ3) is 3.65. The van der Waals surface area contributed by atoms with Crippen LogP contribution in [0.5, 0.6) is 0 Å². The standard InChI is InChI=1S/C17H12NO2.ClH.Hg/c1-20-17(19)14-11-16(12-7-3-2-4-8-12)18-15-10-6-5-9-13(14)15;;/h2-7,9-11H,1H3;1H;/q;;+1/p-1. The van der Waals surface area contributed by atoms with E-state index in [-0.39, 0.29) is 46.0 Å². The van der Waals surface area contributed by atoms with Crippen LogP contribution in [-0.4, -0.2) is 18.1 Å². The Morgan fingerprint density at radius 3 is 2.55 bits per heavy atom. The molecule has 0 N–H and O–H groups in total. The summed E-state index contributed by atoms with van der Waals surface area (Å²) in [5.74, 6) is -0.360. The number of nitrogens with zero attached hydrogens (tertiary/aromatic N) is 1. The Morgan fingerprint density at radius 1 is 1.14 bits per heavy atom. The Labute approximate surface area is 155 Å². The molecule has 1 aromatic heterocycles. The van der Waals surface area contributed by atoms with Gasteiger partial charge in [0.1, 0.15) is 0 Å². The normalized spacial score (nSPS) is 9.50. The number of ether oxygens (including phenoxy) is 1. The molecule has 2 aromatic carbocycles. The number of carbonyl (C=O) groups is 1. The Bertz CT molecular complexity index is 778. The van der Waals surface area contributed by atoms with Crippen molar-refractivity contribution in [2.24, 2.45) is 0 Å². The van der Waals surface area contributed by atoms with E-state index in [1.165, 1.54) is 7.11 Å². The van der Waals surface area contributed by atoms with E-state index >= 15 is 0 Å². The van der Waals surface area contributed by atoms with Crippen LogP contribution in [0.3, 0.4) is 0 Å². The number of halogens is 1. The quantitative estimate of drug-likeness (QED) is 0.382. The van der Waals surface area contributed by atoms with Gasteiger partial charge in [0.15, 0.2) is 0 Å². The summed E-state index contributed by atoms with van der Waals surface area (Å²) in [4.78, 5) is 16.5. The van der Waals surface area contributed by atoms with Crippen molar-refractivity contribution in [2.45, 2.75) is 0 Å². The molecule has 2 radical (unpaired) electrons. The monoisotopic (exact) mass is 499 g/mol. The van der Waals surface area contributed by atoms with E-state index in [9.17, 15) is 4.79 Å². The van der Waals surface area contributed by atoms with E-state index in [0.717, 1.165) is 16.5 Å². The molecule has 3 rings (SSSR count). The summed E-state index contributed by atoms with van der Waals surface area (Å²) >= 11 is 0. The van der Waals surface area contributed by atoms with Gasteiger partial charge in [0, 0.05) is 10.9 Å². The molecule has 5 heteroatoms. The maximum Gasteiger partial charge on any atom is 1.00 e. The van der Waals surface area contributed by atoms with Gasteiger partial charge in [0.2, 0.25) is 0 Å². The van der Waals surface area contributed by atoms with Gasteiger partial charge in [-0.3, -0.25) is 0 Å². The van der Waals surface area contributed by atoms with Gasteiger partial charge in [-0.15, -0.1) is 0 Å². The van der Waals surface area contributed by atoms with Crippen molar-refractivity contribution in [3.05, 3.63) is 66.2 Å². The first-order valence-electron chi connectivity index (χ1n) is 6.25. The number of fused-ring (bicyclic) bond motifs is 1. The summed E-state index contributed by atoms with van der Waals surface area (Å²) in [5, 5.41) is 0.791. The number of methoxy groups -OCH3 is 1. The van der Waals surface area contributed by atoms with E-state index in [4.69, 9.17) is 4.74 Å². The fourth-order valence-electron chi connectivity index (χ4n) is 2.14. The Hall–Kier alpha value is -1.45. The van der Waals surface area contributed by atoms with Crippen molar-refractivity contribution in [2.75, 3.05) is 7.11 Å². The van der Waals surface area contributed by atoms with E-state index in [0.29, 0.717) is 11.3 Å². The fourth-order valence-corrected chi connectivity index (χ4v) is 2.14. The maximum atomic E-state index is 12.0. The van der Waals surface area contributed by atoms with Gasteiger partial charge in [-0.25, -0.2) is 9.78 Å². The number of hydrogen-bond acceptors (Lipinski definition) is 3. The van der Waals surface area contributed by atoms with Gasteiger partial charge < -0.3 is 17.1 Å². The molecule has 0 unspecified atom stereocenters. The van der Waals surface area contributed by atoms with Gasteiger partial charge in [0.25, 0.3) is 0 Å². The number of hydrogen-bond donors (Lipinski definition) is 0. The maximum absolute atomic E-state index is 12.0. The summed E-state index contributed by atoms with van der Waals surface area (Å²) in [7, 11) is 1.38. The molecule has 22 heavy (non-hydrogen) atoms. The summed E-state index contributed by atoms with van der Waals surface area (Å²) in [6.07, 6.45) is 0. The average molecular weight is 498 g/mol. The van der Waals surface area contributed by atoms with Crippen LogP contribution < -0.4 is 12.4 Å². The molecule has 3 aromatic rings. The van der Waals surface area contributed by atoms with Crippen LogP contribution in [0.25, 0.3) is 22.2 Å². The molecule has 0 atom stereocenters.